The minimum Gasteiger partial charge on any atom is -0.359 e. The fraction of sp³-hybridized carbons (Fsp3) is 0.923. The van der Waals surface area contributed by atoms with E-state index in [1.54, 1.807) is 7.05 Å². The summed E-state index contributed by atoms with van der Waals surface area (Å²) in [7, 11) is -3.46. The van der Waals surface area contributed by atoms with E-state index in [4.69, 9.17) is 0 Å². The summed E-state index contributed by atoms with van der Waals surface area (Å²) in [4.78, 5) is 11.9. The maximum Gasteiger partial charge on any atom is 0.497 e. The van der Waals surface area contributed by atoms with Crippen LogP contribution in [0.4, 0.5) is 13.2 Å². The number of hydrogen-bond donors (Lipinski definition) is 1. The van der Waals surface area contributed by atoms with Gasteiger partial charge in [0.05, 0.1) is 5.75 Å². The van der Waals surface area contributed by atoms with Crippen molar-refractivity contribution in [3.63, 3.8) is 0 Å². The standard InChI is InChI=1S/C13H20F3NO3S/c1-17-10(18)12-5-2-11(3-6-12,4-7-12)8-9-21(19,20)13(14,15)16/h2-9H2,1H3,(H,17,18). The van der Waals surface area contributed by atoms with Crippen molar-refractivity contribution in [1.29, 1.82) is 0 Å². The fourth-order valence-electron chi connectivity index (χ4n) is 3.71. The molecular weight excluding hydrogens is 307 g/mol. The summed E-state index contributed by atoms with van der Waals surface area (Å²) in [6.07, 6.45) is 3.85. The zero-order valence-corrected chi connectivity index (χ0v) is 12.7. The Morgan fingerprint density at radius 2 is 1.57 bits per heavy atom. The summed E-state index contributed by atoms with van der Waals surface area (Å²) in [5.74, 6) is -0.845. The van der Waals surface area contributed by atoms with Crippen LogP contribution in [0, 0.1) is 10.8 Å². The molecule has 0 saturated heterocycles. The number of alkyl halides is 3. The third-order valence-corrected chi connectivity index (χ3v) is 6.81. The van der Waals surface area contributed by atoms with E-state index in [0.717, 1.165) is 0 Å². The highest BCUT2D eigenvalue weighted by Crippen LogP contribution is 2.58. The summed E-state index contributed by atoms with van der Waals surface area (Å²) in [5.41, 5.74) is -5.90. The molecule has 0 radical (unpaired) electrons. The van der Waals surface area contributed by atoms with Crippen molar-refractivity contribution >= 4 is 15.7 Å². The second kappa shape index (κ2) is 5.14. The molecule has 2 bridgehead atoms. The van der Waals surface area contributed by atoms with E-state index in [0.29, 0.717) is 38.5 Å². The molecule has 3 aliphatic carbocycles. The fourth-order valence-corrected chi connectivity index (χ4v) is 4.64. The molecule has 4 nitrogen and oxygen atoms in total. The molecule has 8 heteroatoms. The zero-order chi connectivity index (χ0) is 15.9. The minimum absolute atomic E-state index is 0.00119. The molecule has 3 fully saturated rings. The molecule has 122 valence electrons. The zero-order valence-electron chi connectivity index (χ0n) is 11.9. The number of hydrogen-bond acceptors (Lipinski definition) is 3. The third-order valence-electron chi connectivity index (χ3n) is 5.36. The second-order valence-electron chi connectivity index (χ2n) is 6.37. The van der Waals surface area contributed by atoms with Crippen molar-refractivity contribution in [3.05, 3.63) is 0 Å². The Balaban J connectivity index is 2.01. The Morgan fingerprint density at radius 3 is 1.95 bits per heavy atom. The van der Waals surface area contributed by atoms with Crippen LogP contribution in [0.5, 0.6) is 0 Å². The van der Waals surface area contributed by atoms with Crippen LogP contribution < -0.4 is 5.32 Å². The summed E-state index contributed by atoms with van der Waals surface area (Å²) in [6, 6.07) is 0. The summed E-state index contributed by atoms with van der Waals surface area (Å²) < 4.78 is 59.6. The van der Waals surface area contributed by atoms with Gasteiger partial charge in [0.2, 0.25) is 15.7 Å². The van der Waals surface area contributed by atoms with Crippen LogP contribution in [-0.4, -0.2) is 32.6 Å². The van der Waals surface area contributed by atoms with Crippen molar-refractivity contribution in [3.8, 4) is 0 Å². The van der Waals surface area contributed by atoms with E-state index in [1.165, 1.54) is 0 Å². The van der Waals surface area contributed by atoms with Gasteiger partial charge in [0.15, 0.2) is 0 Å². The lowest BCUT2D eigenvalue weighted by Gasteiger charge is -2.52. The lowest BCUT2D eigenvalue weighted by atomic mass is 9.52. The molecule has 0 unspecified atom stereocenters. The van der Waals surface area contributed by atoms with Crippen LogP contribution in [-0.2, 0) is 14.6 Å². The van der Waals surface area contributed by atoms with Crippen LogP contribution >= 0.6 is 0 Å². The van der Waals surface area contributed by atoms with Crippen molar-refractivity contribution in [1.82, 2.24) is 5.32 Å². The van der Waals surface area contributed by atoms with Crippen LogP contribution in [0.2, 0.25) is 0 Å². The molecule has 0 aromatic carbocycles. The molecule has 0 spiro atoms. The number of carbonyl (C=O) groups excluding carboxylic acids is 1. The van der Waals surface area contributed by atoms with Gasteiger partial charge in [-0.3, -0.25) is 4.79 Å². The maximum atomic E-state index is 12.4. The number of nitrogens with one attached hydrogen (secondary N) is 1. The first-order valence-corrected chi connectivity index (χ1v) is 8.72. The smallest absolute Gasteiger partial charge is 0.359 e. The molecule has 3 rings (SSSR count). The van der Waals surface area contributed by atoms with Crippen molar-refractivity contribution in [2.45, 2.75) is 50.5 Å². The Morgan fingerprint density at radius 1 is 1.10 bits per heavy atom. The van der Waals surface area contributed by atoms with E-state index >= 15 is 0 Å². The average molecular weight is 327 g/mol. The van der Waals surface area contributed by atoms with E-state index in [9.17, 15) is 26.4 Å². The molecule has 3 saturated carbocycles. The number of amides is 1. The Kier molecular flexibility index (Phi) is 4.06. The SMILES string of the molecule is CNC(=O)C12CCC(CCS(=O)(=O)C(F)(F)F)(CC1)CC2. The van der Waals surface area contributed by atoms with Gasteiger partial charge in [0.25, 0.3) is 0 Å². The highest BCUT2D eigenvalue weighted by Gasteiger charge is 2.53. The predicted molar refractivity (Wildman–Crippen MR) is 71.1 cm³/mol. The van der Waals surface area contributed by atoms with Crippen LogP contribution in [0.15, 0.2) is 0 Å². The molecule has 0 heterocycles. The normalized spacial score (nSPS) is 33.0. The summed E-state index contributed by atoms with van der Waals surface area (Å²) >= 11 is 0. The lowest BCUT2D eigenvalue weighted by Crippen LogP contribution is -2.50. The number of halogens is 3. The highest BCUT2D eigenvalue weighted by atomic mass is 32.2. The van der Waals surface area contributed by atoms with E-state index in [1.807, 2.05) is 0 Å². The molecule has 0 aliphatic heterocycles. The monoisotopic (exact) mass is 327 g/mol. The van der Waals surface area contributed by atoms with Crippen LogP contribution in [0.1, 0.15) is 44.9 Å². The Hall–Kier alpha value is -0.790. The quantitative estimate of drug-likeness (QED) is 0.862. The molecule has 0 aromatic rings. The largest absolute Gasteiger partial charge is 0.497 e. The van der Waals surface area contributed by atoms with E-state index < -0.39 is 21.1 Å². The van der Waals surface area contributed by atoms with Gasteiger partial charge in [-0.15, -0.1) is 0 Å². The lowest BCUT2D eigenvalue weighted by molar-refractivity contribution is -0.140. The van der Waals surface area contributed by atoms with E-state index in [-0.39, 0.29) is 23.2 Å². The second-order valence-corrected chi connectivity index (χ2v) is 8.47. The molecule has 1 amide bonds. The van der Waals surface area contributed by atoms with Crippen molar-refractivity contribution in [2.24, 2.45) is 10.8 Å². The molecule has 0 atom stereocenters. The topological polar surface area (TPSA) is 63.2 Å². The number of carbonyl (C=O) groups is 1. The molecule has 0 aromatic heterocycles. The van der Waals surface area contributed by atoms with Crippen molar-refractivity contribution < 1.29 is 26.4 Å². The molecular formula is C13H20F3NO3S. The van der Waals surface area contributed by atoms with Crippen LogP contribution in [0.25, 0.3) is 0 Å². The van der Waals surface area contributed by atoms with Gasteiger partial charge in [-0.2, -0.15) is 13.2 Å². The first kappa shape index (κ1) is 16.6. The molecule has 1 N–H and O–H groups in total. The Labute approximate surface area is 122 Å². The van der Waals surface area contributed by atoms with Gasteiger partial charge in [-0.05, 0) is 50.4 Å². The molecule has 3 aliphatic rings. The predicted octanol–water partition coefficient (Wildman–Crippen LogP) is 2.40. The van der Waals surface area contributed by atoms with Gasteiger partial charge in [-0.25, -0.2) is 8.42 Å². The first-order valence-electron chi connectivity index (χ1n) is 7.07. The van der Waals surface area contributed by atoms with Gasteiger partial charge in [0, 0.05) is 12.5 Å². The van der Waals surface area contributed by atoms with E-state index in [2.05, 4.69) is 5.32 Å². The number of fused-ring (bicyclic) bond motifs is 3. The van der Waals surface area contributed by atoms with Gasteiger partial charge in [-0.1, -0.05) is 0 Å². The van der Waals surface area contributed by atoms with Crippen molar-refractivity contribution in [2.75, 3.05) is 12.8 Å². The first-order chi connectivity index (χ1) is 9.56. The Bertz CT molecular complexity index is 503. The molecule has 21 heavy (non-hydrogen) atoms. The number of sulfone groups is 1. The third kappa shape index (κ3) is 2.91. The van der Waals surface area contributed by atoms with Crippen LogP contribution in [0.3, 0.4) is 0 Å². The average Bonchev–Trinajstić information content (AvgIpc) is 2.45. The maximum absolute atomic E-state index is 12.4. The number of rotatable bonds is 4. The highest BCUT2D eigenvalue weighted by molar-refractivity contribution is 7.92. The minimum atomic E-state index is -5.17. The van der Waals surface area contributed by atoms with Gasteiger partial charge < -0.3 is 5.32 Å². The summed E-state index contributed by atoms with van der Waals surface area (Å²) in [5, 5.41) is 2.66. The van der Waals surface area contributed by atoms with Gasteiger partial charge >= 0.3 is 5.51 Å². The summed E-state index contributed by atoms with van der Waals surface area (Å²) in [6.45, 7) is 0. The van der Waals surface area contributed by atoms with Gasteiger partial charge in [0.1, 0.15) is 0 Å².